The number of aryl methyl sites for hydroxylation is 1. The SMILES string of the molecule is CN=C(NCc1nccn1CC(C)C)N(C)CCOc1ccc(C)cc1.I. The summed E-state index contributed by atoms with van der Waals surface area (Å²) in [5, 5.41) is 3.38. The number of nitrogens with one attached hydrogen (secondary N) is 1. The molecule has 2 aromatic rings. The van der Waals surface area contributed by atoms with Gasteiger partial charge < -0.3 is 19.5 Å². The van der Waals surface area contributed by atoms with Gasteiger partial charge in [-0.15, -0.1) is 24.0 Å². The van der Waals surface area contributed by atoms with Crippen LogP contribution in [0.5, 0.6) is 5.75 Å². The Labute approximate surface area is 180 Å². The van der Waals surface area contributed by atoms with E-state index in [0.29, 0.717) is 19.1 Å². The number of hydrogen-bond acceptors (Lipinski definition) is 3. The molecule has 0 fully saturated rings. The third-order valence-electron chi connectivity index (χ3n) is 4.06. The van der Waals surface area contributed by atoms with Crippen molar-refractivity contribution in [3.63, 3.8) is 0 Å². The van der Waals surface area contributed by atoms with E-state index in [2.05, 4.69) is 57.7 Å². The predicted octanol–water partition coefficient (Wildman–Crippen LogP) is 3.55. The maximum atomic E-state index is 5.80. The van der Waals surface area contributed by atoms with E-state index in [1.54, 1.807) is 7.05 Å². The smallest absolute Gasteiger partial charge is 0.193 e. The summed E-state index contributed by atoms with van der Waals surface area (Å²) in [5.74, 6) is 3.33. The number of halogens is 1. The van der Waals surface area contributed by atoms with Gasteiger partial charge in [0.25, 0.3) is 0 Å². The van der Waals surface area contributed by atoms with E-state index in [-0.39, 0.29) is 24.0 Å². The van der Waals surface area contributed by atoms with E-state index in [0.717, 1.165) is 30.6 Å². The van der Waals surface area contributed by atoms with E-state index in [1.807, 2.05) is 31.6 Å². The van der Waals surface area contributed by atoms with Crippen molar-refractivity contribution in [1.82, 2.24) is 19.8 Å². The van der Waals surface area contributed by atoms with Gasteiger partial charge in [-0.3, -0.25) is 4.99 Å². The molecule has 150 valence electrons. The van der Waals surface area contributed by atoms with E-state index in [9.17, 15) is 0 Å². The van der Waals surface area contributed by atoms with Crippen molar-refractivity contribution in [3.05, 3.63) is 48.0 Å². The molecule has 6 nitrogen and oxygen atoms in total. The highest BCUT2D eigenvalue weighted by atomic mass is 127. The van der Waals surface area contributed by atoms with Crippen molar-refractivity contribution < 1.29 is 4.74 Å². The van der Waals surface area contributed by atoms with Crippen molar-refractivity contribution in [2.75, 3.05) is 27.2 Å². The highest BCUT2D eigenvalue weighted by molar-refractivity contribution is 14.0. The number of aliphatic imine (C=N–C) groups is 1. The second-order valence-electron chi connectivity index (χ2n) is 6.87. The van der Waals surface area contributed by atoms with Crippen LogP contribution in [-0.4, -0.2) is 47.7 Å². The number of guanidine groups is 1. The van der Waals surface area contributed by atoms with Crippen molar-refractivity contribution >= 4 is 29.9 Å². The summed E-state index contributed by atoms with van der Waals surface area (Å²) in [6.45, 7) is 9.44. The van der Waals surface area contributed by atoms with E-state index < -0.39 is 0 Å². The monoisotopic (exact) mass is 485 g/mol. The van der Waals surface area contributed by atoms with Crippen LogP contribution in [0, 0.1) is 12.8 Å². The molecule has 0 amide bonds. The van der Waals surface area contributed by atoms with Crippen molar-refractivity contribution in [1.29, 1.82) is 0 Å². The number of ether oxygens (including phenoxy) is 1. The van der Waals surface area contributed by atoms with Crippen molar-refractivity contribution in [2.45, 2.75) is 33.9 Å². The minimum atomic E-state index is 0. The Balaban J connectivity index is 0.00000364. The summed E-state index contributed by atoms with van der Waals surface area (Å²) in [4.78, 5) is 10.9. The van der Waals surface area contributed by atoms with Gasteiger partial charge in [-0.1, -0.05) is 31.5 Å². The number of benzene rings is 1. The van der Waals surface area contributed by atoms with Gasteiger partial charge >= 0.3 is 0 Å². The van der Waals surface area contributed by atoms with Gasteiger partial charge in [-0.2, -0.15) is 0 Å². The molecular formula is C20H32IN5O. The molecule has 0 aliphatic heterocycles. The quantitative estimate of drug-likeness (QED) is 0.353. The average molecular weight is 485 g/mol. The Kier molecular flexibility index (Phi) is 10.2. The van der Waals surface area contributed by atoms with Crippen LogP contribution in [0.3, 0.4) is 0 Å². The summed E-state index contributed by atoms with van der Waals surface area (Å²) < 4.78 is 7.98. The second kappa shape index (κ2) is 11.8. The van der Waals surface area contributed by atoms with Crippen LogP contribution in [-0.2, 0) is 13.1 Å². The summed E-state index contributed by atoms with van der Waals surface area (Å²) in [6.07, 6.45) is 3.88. The molecule has 0 bridgehead atoms. The van der Waals surface area contributed by atoms with E-state index >= 15 is 0 Å². The summed E-state index contributed by atoms with van der Waals surface area (Å²) in [7, 11) is 3.80. The first-order valence-corrected chi connectivity index (χ1v) is 9.11. The number of nitrogens with zero attached hydrogens (tertiary/aromatic N) is 4. The largest absolute Gasteiger partial charge is 0.492 e. The lowest BCUT2D eigenvalue weighted by Crippen LogP contribution is -2.40. The fourth-order valence-corrected chi connectivity index (χ4v) is 2.65. The van der Waals surface area contributed by atoms with E-state index in [4.69, 9.17) is 4.74 Å². The number of likely N-dealkylation sites (N-methyl/N-ethyl adjacent to an activating group) is 1. The van der Waals surface area contributed by atoms with Gasteiger partial charge in [0.1, 0.15) is 18.2 Å². The molecule has 1 heterocycles. The Morgan fingerprint density at radius 3 is 2.63 bits per heavy atom. The average Bonchev–Trinajstić information content (AvgIpc) is 3.03. The van der Waals surface area contributed by atoms with Crippen molar-refractivity contribution in [2.24, 2.45) is 10.9 Å². The Bertz CT molecular complexity index is 697. The molecule has 0 saturated heterocycles. The minimum Gasteiger partial charge on any atom is -0.492 e. The lowest BCUT2D eigenvalue weighted by molar-refractivity contribution is 0.281. The lowest BCUT2D eigenvalue weighted by atomic mass is 10.2. The Morgan fingerprint density at radius 1 is 1.30 bits per heavy atom. The number of hydrogen-bond donors (Lipinski definition) is 1. The minimum absolute atomic E-state index is 0. The molecule has 1 aromatic carbocycles. The van der Waals surface area contributed by atoms with Crippen LogP contribution in [0.4, 0.5) is 0 Å². The van der Waals surface area contributed by atoms with Crippen LogP contribution >= 0.6 is 24.0 Å². The molecule has 1 aromatic heterocycles. The van der Waals surface area contributed by atoms with E-state index in [1.165, 1.54) is 5.56 Å². The second-order valence-corrected chi connectivity index (χ2v) is 6.87. The van der Waals surface area contributed by atoms with Crippen LogP contribution in [0.15, 0.2) is 41.7 Å². The lowest BCUT2D eigenvalue weighted by Gasteiger charge is -2.22. The third-order valence-corrected chi connectivity index (χ3v) is 4.06. The molecule has 2 rings (SSSR count). The maximum Gasteiger partial charge on any atom is 0.193 e. The van der Waals surface area contributed by atoms with Gasteiger partial charge in [0, 0.05) is 33.0 Å². The molecule has 0 aliphatic rings. The molecule has 0 spiro atoms. The van der Waals surface area contributed by atoms with Crippen LogP contribution in [0.2, 0.25) is 0 Å². The molecule has 0 aliphatic carbocycles. The molecule has 27 heavy (non-hydrogen) atoms. The number of rotatable bonds is 8. The van der Waals surface area contributed by atoms with Crippen LogP contribution in [0.1, 0.15) is 25.2 Å². The topological polar surface area (TPSA) is 54.7 Å². The summed E-state index contributed by atoms with van der Waals surface area (Å²) >= 11 is 0. The molecular weight excluding hydrogens is 453 g/mol. The standard InChI is InChI=1S/C20H31N5O.HI/c1-16(2)15-25-11-10-22-19(25)14-23-20(21-4)24(5)12-13-26-18-8-6-17(3)7-9-18;/h6-11,16H,12-15H2,1-5H3,(H,21,23);1H. The predicted molar refractivity (Wildman–Crippen MR) is 122 cm³/mol. The highest BCUT2D eigenvalue weighted by Crippen LogP contribution is 2.11. The highest BCUT2D eigenvalue weighted by Gasteiger charge is 2.09. The van der Waals surface area contributed by atoms with Crippen LogP contribution < -0.4 is 10.1 Å². The van der Waals surface area contributed by atoms with Gasteiger partial charge in [0.15, 0.2) is 5.96 Å². The maximum absolute atomic E-state index is 5.80. The van der Waals surface area contributed by atoms with Gasteiger partial charge in [-0.05, 0) is 25.0 Å². The Morgan fingerprint density at radius 2 is 2.00 bits per heavy atom. The molecule has 0 saturated carbocycles. The first-order valence-electron chi connectivity index (χ1n) is 9.11. The van der Waals surface area contributed by atoms with Crippen molar-refractivity contribution in [3.8, 4) is 5.75 Å². The zero-order valence-electron chi connectivity index (χ0n) is 17.0. The van der Waals surface area contributed by atoms with Gasteiger partial charge in [0.05, 0.1) is 13.1 Å². The molecule has 0 atom stereocenters. The fourth-order valence-electron chi connectivity index (χ4n) is 2.65. The zero-order chi connectivity index (χ0) is 18.9. The Hall–Kier alpha value is -1.77. The summed E-state index contributed by atoms with van der Waals surface area (Å²) in [5.41, 5.74) is 1.23. The molecule has 7 heteroatoms. The van der Waals surface area contributed by atoms with Gasteiger partial charge in [0.2, 0.25) is 0 Å². The number of aromatic nitrogens is 2. The molecule has 0 radical (unpaired) electrons. The first-order chi connectivity index (χ1) is 12.5. The zero-order valence-corrected chi connectivity index (χ0v) is 19.3. The molecule has 1 N–H and O–H groups in total. The number of imidazole rings is 1. The normalized spacial score (nSPS) is 11.3. The van der Waals surface area contributed by atoms with Gasteiger partial charge in [-0.25, -0.2) is 4.98 Å². The molecule has 0 unspecified atom stereocenters. The summed E-state index contributed by atoms with van der Waals surface area (Å²) in [6, 6.07) is 8.10. The van der Waals surface area contributed by atoms with Crippen LogP contribution in [0.25, 0.3) is 0 Å². The first kappa shape index (κ1) is 23.3. The fraction of sp³-hybridized carbons (Fsp3) is 0.500. The third kappa shape index (κ3) is 7.78.